The van der Waals surface area contributed by atoms with Gasteiger partial charge in [0.05, 0.1) is 0 Å². The zero-order valence-corrected chi connectivity index (χ0v) is 14.5. The van der Waals surface area contributed by atoms with Crippen LogP contribution in [0.2, 0.25) is 0 Å². The fraction of sp³-hybridized carbons (Fsp3) is 0.571. The van der Waals surface area contributed by atoms with Crippen LogP contribution in [0.1, 0.15) is 32.6 Å². The zero-order valence-electron chi connectivity index (χ0n) is 12.1. The average Bonchev–Trinajstić information content (AvgIpc) is 2.42. The third-order valence-electron chi connectivity index (χ3n) is 4.24. The van der Waals surface area contributed by atoms with Gasteiger partial charge in [-0.15, -0.1) is 0 Å². The fourth-order valence-corrected chi connectivity index (χ4v) is 4.79. The van der Waals surface area contributed by atoms with E-state index in [1.165, 1.54) is 17.4 Å². The standard InChI is InChI=1S/C14H20BrFN2O2S/c1-9-5-3-4-6-13(9)18(2)21(19,20)14-8-12(17)10(15)7-11(14)16/h7-9,13H,3-6,17H2,1-2H3. The van der Waals surface area contributed by atoms with E-state index in [0.717, 1.165) is 31.7 Å². The molecule has 0 heterocycles. The molecular formula is C14H20BrFN2O2S. The lowest BCUT2D eigenvalue weighted by atomic mass is 9.86. The van der Waals surface area contributed by atoms with Crippen LogP contribution in [-0.4, -0.2) is 25.8 Å². The van der Waals surface area contributed by atoms with Gasteiger partial charge in [-0.1, -0.05) is 19.8 Å². The predicted octanol–water partition coefficient (Wildman–Crippen LogP) is 3.37. The summed E-state index contributed by atoms with van der Waals surface area (Å²) in [5.41, 5.74) is 5.90. The van der Waals surface area contributed by atoms with Crippen LogP contribution in [0.5, 0.6) is 0 Å². The molecule has 1 aliphatic rings. The van der Waals surface area contributed by atoms with E-state index in [1.54, 1.807) is 0 Å². The van der Waals surface area contributed by atoms with Gasteiger partial charge in [0.2, 0.25) is 10.0 Å². The van der Waals surface area contributed by atoms with E-state index in [2.05, 4.69) is 15.9 Å². The average molecular weight is 379 g/mol. The van der Waals surface area contributed by atoms with Gasteiger partial charge >= 0.3 is 0 Å². The van der Waals surface area contributed by atoms with Crippen molar-refractivity contribution in [1.82, 2.24) is 4.31 Å². The second-order valence-electron chi connectivity index (χ2n) is 5.65. The van der Waals surface area contributed by atoms with Crippen molar-refractivity contribution in [3.63, 3.8) is 0 Å². The molecule has 0 aliphatic heterocycles. The first-order valence-electron chi connectivity index (χ1n) is 6.97. The van der Waals surface area contributed by atoms with Crippen LogP contribution < -0.4 is 5.73 Å². The number of hydrogen-bond donors (Lipinski definition) is 1. The minimum atomic E-state index is -3.88. The minimum Gasteiger partial charge on any atom is -0.398 e. The Morgan fingerprint density at radius 2 is 1.95 bits per heavy atom. The Hall–Kier alpha value is -0.660. The second-order valence-corrected chi connectivity index (χ2v) is 8.47. The van der Waals surface area contributed by atoms with E-state index in [4.69, 9.17) is 5.73 Å². The maximum absolute atomic E-state index is 14.1. The summed E-state index contributed by atoms with van der Waals surface area (Å²) in [6.07, 6.45) is 3.92. The Morgan fingerprint density at radius 3 is 2.57 bits per heavy atom. The zero-order chi connectivity index (χ0) is 15.8. The maximum Gasteiger partial charge on any atom is 0.246 e. The summed E-state index contributed by atoms with van der Waals surface area (Å²) in [6.45, 7) is 2.04. The van der Waals surface area contributed by atoms with Crippen LogP contribution in [0.25, 0.3) is 0 Å². The van der Waals surface area contributed by atoms with Crippen molar-refractivity contribution in [3.8, 4) is 0 Å². The number of nitrogens with zero attached hydrogens (tertiary/aromatic N) is 1. The molecule has 1 aliphatic carbocycles. The lowest BCUT2D eigenvalue weighted by Crippen LogP contribution is -2.42. The van der Waals surface area contributed by atoms with E-state index < -0.39 is 15.8 Å². The van der Waals surface area contributed by atoms with Crippen molar-refractivity contribution in [2.45, 2.75) is 43.5 Å². The Labute approximate surface area is 133 Å². The van der Waals surface area contributed by atoms with Gasteiger partial charge in [0.1, 0.15) is 10.7 Å². The number of sulfonamides is 1. The lowest BCUT2D eigenvalue weighted by Gasteiger charge is -2.35. The first-order valence-corrected chi connectivity index (χ1v) is 9.21. The molecule has 1 fully saturated rings. The molecular weight excluding hydrogens is 359 g/mol. The first kappa shape index (κ1) is 16.7. The summed E-state index contributed by atoms with van der Waals surface area (Å²) in [5.74, 6) is -0.513. The number of hydrogen-bond acceptors (Lipinski definition) is 3. The van der Waals surface area contributed by atoms with E-state index in [9.17, 15) is 12.8 Å². The summed E-state index contributed by atoms with van der Waals surface area (Å²) >= 11 is 3.10. The summed E-state index contributed by atoms with van der Waals surface area (Å²) < 4.78 is 41.1. The van der Waals surface area contributed by atoms with E-state index >= 15 is 0 Å². The van der Waals surface area contributed by atoms with Crippen LogP contribution in [0, 0.1) is 11.7 Å². The molecule has 118 valence electrons. The molecule has 0 bridgehead atoms. The number of nitrogens with two attached hydrogens (primary N) is 1. The van der Waals surface area contributed by atoms with Crippen molar-refractivity contribution in [2.75, 3.05) is 12.8 Å². The molecule has 0 aromatic heterocycles. The van der Waals surface area contributed by atoms with Gasteiger partial charge in [0.15, 0.2) is 0 Å². The Balaban J connectivity index is 2.39. The first-order chi connectivity index (χ1) is 9.75. The number of anilines is 1. The fourth-order valence-electron chi connectivity index (χ4n) is 2.91. The highest BCUT2D eigenvalue weighted by atomic mass is 79.9. The molecule has 4 nitrogen and oxygen atoms in total. The highest BCUT2D eigenvalue weighted by molar-refractivity contribution is 9.10. The largest absolute Gasteiger partial charge is 0.398 e. The molecule has 1 saturated carbocycles. The molecule has 0 saturated heterocycles. The van der Waals surface area contributed by atoms with Crippen LogP contribution in [0.3, 0.4) is 0 Å². The number of nitrogen functional groups attached to an aromatic ring is 1. The summed E-state index contributed by atoms with van der Waals surface area (Å²) in [5, 5.41) is 0. The molecule has 2 N–H and O–H groups in total. The SMILES string of the molecule is CC1CCCCC1N(C)S(=O)(=O)c1cc(N)c(Br)cc1F. The molecule has 2 atom stereocenters. The van der Waals surface area contributed by atoms with Crippen LogP contribution in [-0.2, 0) is 10.0 Å². The molecule has 2 unspecified atom stereocenters. The molecule has 1 aromatic carbocycles. The summed E-state index contributed by atoms with van der Waals surface area (Å²) in [6, 6.07) is 2.19. The van der Waals surface area contributed by atoms with Crippen molar-refractivity contribution in [3.05, 3.63) is 22.4 Å². The third kappa shape index (κ3) is 3.24. The Bertz CT molecular complexity index is 636. The van der Waals surface area contributed by atoms with Crippen LogP contribution >= 0.6 is 15.9 Å². The van der Waals surface area contributed by atoms with Crippen molar-refractivity contribution in [2.24, 2.45) is 5.92 Å². The summed E-state index contributed by atoms with van der Waals surface area (Å²) in [7, 11) is -2.36. The van der Waals surface area contributed by atoms with Gasteiger partial charge in [-0.3, -0.25) is 0 Å². The van der Waals surface area contributed by atoms with Gasteiger partial charge in [0, 0.05) is 23.2 Å². The van der Waals surface area contributed by atoms with Crippen molar-refractivity contribution < 1.29 is 12.8 Å². The molecule has 7 heteroatoms. The topological polar surface area (TPSA) is 63.4 Å². The van der Waals surface area contributed by atoms with Crippen LogP contribution in [0.15, 0.2) is 21.5 Å². The lowest BCUT2D eigenvalue weighted by molar-refractivity contribution is 0.213. The molecule has 0 amide bonds. The highest BCUT2D eigenvalue weighted by Gasteiger charge is 2.34. The van der Waals surface area contributed by atoms with Crippen molar-refractivity contribution in [1.29, 1.82) is 0 Å². The smallest absolute Gasteiger partial charge is 0.246 e. The van der Waals surface area contributed by atoms with E-state index in [0.29, 0.717) is 4.47 Å². The third-order valence-corrected chi connectivity index (χ3v) is 6.83. The van der Waals surface area contributed by atoms with Crippen LogP contribution in [0.4, 0.5) is 10.1 Å². The Morgan fingerprint density at radius 1 is 1.33 bits per heavy atom. The minimum absolute atomic E-state index is 0.0898. The molecule has 21 heavy (non-hydrogen) atoms. The predicted molar refractivity (Wildman–Crippen MR) is 84.9 cm³/mol. The number of halogens is 2. The summed E-state index contributed by atoms with van der Waals surface area (Å²) in [4.78, 5) is -0.358. The second kappa shape index (κ2) is 6.22. The van der Waals surface area contributed by atoms with Gasteiger partial charge < -0.3 is 5.73 Å². The van der Waals surface area contributed by atoms with Gasteiger partial charge in [-0.05, 0) is 46.8 Å². The molecule has 0 radical (unpaired) electrons. The maximum atomic E-state index is 14.1. The van der Waals surface area contributed by atoms with Gasteiger partial charge in [-0.2, -0.15) is 4.31 Å². The number of rotatable bonds is 3. The Kier molecular flexibility index (Phi) is 4.95. The molecule has 1 aromatic rings. The number of benzene rings is 1. The normalized spacial score (nSPS) is 23.5. The van der Waals surface area contributed by atoms with Gasteiger partial charge in [-0.25, -0.2) is 12.8 Å². The van der Waals surface area contributed by atoms with E-state index in [-0.39, 0.29) is 22.5 Å². The quantitative estimate of drug-likeness (QED) is 0.819. The van der Waals surface area contributed by atoms with Gasteiger partial charge in [0.25, 0.3) is 0 Å². The van der Waals surface area contributed by atoms with Crippen molar-refractivity contribution >= 4 is 31.6 Å². The monoisotopic (exact) mass is 378 g/mol. The molecule has 2 rings (SSSR count). The van der Waals surface area contributed by atoms with E-state index in [1.807, 2.05) is 6.92 Å². The highest BCUT2D eigenvalue weighted by Crippen LogP contribution is 2.33. The molecule has 0 spiro atoms.